The maximum Gasteiger partial charge on any atom is 0.417 e. The van der Waals surface area contributed by atoms with Gasteiger partial charge in [-0.2, -0.15) is 28.2 Å². The van der Waals surface area contributed by atoms with Crippen molar-refractivity contribution in [2.45, 2.75) is 43.2 Å². The van der Waals surface area contributed by atoms with Gasteiger partial charge in [0.1, 0.15) is 5.82 Å². The predicted molar refractivity (Wildman–Crippen MR) is 104 cm³/mol. The molecule has 3 aliphatic heterocycles. The van der Waals surface area contributed by atoms with Gasteiger partial charge in [-0.05, 0) is 37.1 Å². The van der Waals surface area contributed by atoms with Crippen LogP contribution in [0.25, 0.3) is 5.69 Å². The molecular formula is C21H17F3N6O. The van der Waals surface area contributed by atoms with E-state index in [0.717, 1.165) is 25.1 Å². The molecule has 3 saturated heterocycles. The van der Waals surface area contributed by atoms with Crippen LogP contribution in [0.2, 0.25) is 0 Å². The van der Waals surface area contributed by atoms with Crippen molar-refractivity contribution in [1.82, 2.24) is 24.9 Å². The highest BCUT2D eigenvalue weighted by molar-refractivity contribution is 5.99. The molecule has 7 nitrogen and oxygen atoms in total. The minimum Gasteiger partial charge on any atom is -0.342 e. The van der Waals surface area contributed by atoms with E-state index in [1.165, 1.54) is 10.9 Å². The van der Waals surface area contributed by atoms with Crippen molar-refractivity contribution in [1.29, 1.82) is 0 Å². The highest BCUT2D eigenvalue weighted by Gasteiger charge is 2.69. The van der Waals surface area contributed by atoms with Gasteiger partial charge >= 0.3 is 6.18 Å². The topological polar surface area (TPSA) is 66.9 Å². The monoisotopic (exact) mass is 426 g/mol. The molecule has 5 heterocycles. The van der Waals surface area contributed by atoms with Crippen LogP contribution < -0.4 is 4.90 Å². The summed E-state index contributed by atoms with van der Waals surface area (Å²) in [7, 11) is 0. The molecule has 31 heavy (non-hydrogen) atoms. The zero-order valence-corrected chi connectivity index (χ0v) is 16.1. The summed E-state index contributed by atoms with van der Waals surface area (Å²) >= 11 is 0. The summed E-state index contributed by atoms with van der Waals surface area (Å²) in [6.07, 6.45) is 1.34. The maximum absolute atomic E-state index is 13.5. The second-order valence-electron chi connectivity index (χ2n) is 8.05. The fraction of sp³-hybridized carbons (Fsp3) is 0.333. The number of carbonyl (C=O) groups is 1. The van der Waals surface area contributed by atoms with Crippen LogP contribution in [-0.2, 0) is 6.18 Å². The van der Waals surface area contributed by atoms with Gasteiger partial charge in [0.2, 0.25) is 0 Å². The van der Waals surface area contributed by atoms with Crippen LogP contribution in [0.3, 0.4) is 0 Å². The molecule has 3 aliphatic rings. The van der Waals surface area contributed by atoms with Crippen LogP contribution in [0.4, 0.5) is 19.0 Å². The number of aromatic nitrogens is 4. The van der Waals surface area contributed by atoms with Gasteiger partial charge in [0.25, 0.3) is 5.91 Å². The van der Waals surface area contributed by atoms with Crippen LogP contribution in [0.1, 0.15) is 28.8 Å². The van der Waals surface area contributed by atoms with E-state index in [-0.39, 0.29) is 30.1 Å². The second-order valence-corrected chi connectivity index (χ2v) is 8.05. The highest BCUT2D eigenvalue weighted by Crippen LogP contribution is 2.54. The molecule has 0 saturated carbocycles. The maximum atomic E-state index is 13.5. The Bertz CT molecular complexity index is 1130. The van der Waals surface area contributed by atoms with Crippen molar-refractivity contribution in [3.8, 4) is 5.69 Å². The van der Waals surface area contributed by atoms with Crippen LogP contribution in [0, 0.1) is 0 Å². The number of anilines is 1. The molecule has 0 N–H and O–H groups in total. The van der Waals surface area contributed by atoms with Crippen LogP contribution in [0.15, 0.2) is 55.0 Å². The van der Waals surface area contributed by atoms with E-state index in [1.807, 2.05) is 28.0 Å². The van der Waals surface area contributed by atoms with E-state index in [1.54, 1.807) is 18.5 Å². The normalized spacial score (nSPS) is 26.3. The van der Waals surface area contributed by atoms with Crippen LogP contribution >= 0.6 is 0 Å². The Kier molecular flexibility index (Phi) is 3.72. The average molecular weight is 426 g/mol. The van der Waals surface area contributed by atoms with Gasteiger partial charge in [-0.25, -0.2) is 4.98 Å². The van der Waals surface area contributed by atoms with Gasteiger partial charge in [-0.15, -0.1) is 0 Å². The summed E-state index contributed by atoms with van der Waals surface area (Å²) in [4.78, 5) is 23.0. The first kappa shape index (κ1) is 18.3. The van der Waals surface area contributed by atoms with Gasteiger partial charge < -0.3 is 9.80 Å². The lowest BCUT2D eigenvalue weighted by Crippen LogP contribution is -2.43. The summed E-state index contributed by atoms with van der Waals surface area (Å²) in [6, 6.07) is 9.96. The fourth-order valence-electron chi connectivity index (χ4n) is 5.25. The van der Waals surface area contributed by atoms with Crippen molar-refractivity contribution >= 4 is 11.7 Å². The first-order chi connectivity index (χ1) is 14.9. The molecule has 158 valence electrons. The first-order valence-electron chi connectivity index (χ1n) is 10.0. The minimum atomic E-state index is -4.40. The Hall–Kier alpha value is -3.43. The Morgan fingerprint density at radius 1 is 0.968 bits per heavy atom. The number of halogens is 3. The van der Waals surface area contributed by atoms with Crippen molar-refractivity contribution in [2.75, 3.05) is 4.90 Å². The molecule has 1 aromatic carbocycles. The lowest BCUT2D eigenvalue weighted by atomic mass is 10.0. The van der Waals surface area contributed by atoms with Crippen molar-refractivity contribution in [2.24, 2.45) is 0 Å². The van der Waals surface area contributed by atoms with Gasteiger partial charge in [0.05, 0.1) is 53.4 Å². The van der Waals surface area contributed by atoms with Gasteiger partial charge in [0, 0.05) is 6.20 Å². The van der Waals surface area contributed by atoms with Crippen molar-refractivity contribution < 1.29 is 18.0 Å². The summed E-state index contributed by atoms with van der Waals surface area (Å²) in [6.45, 7) is 0. The molecular weight excluding hydrogens is 409 g/mol. The fourth-order valence-corrected chi connectivity index (χ4v) is 5.25. The smallest absolute Gasteiger partial charge is 0.342 e. The number of para-hydroxylation sites is 1. The standard InChI is InChI=1S/C21H17F3N6O/c22-21(23,24)12-5-8-17(25-11-12)29-18-15-6-7-16(19(18)29)28(15)20(31)13-3-1-2-4-14(13)30-26-9-10-27-30/h1-5,8-11,15-16,18-19H,6-7H2. The van der Waals surface area contributed by atoms with E-state index in [9.17, 15) is 18.0 Å². The number of fused-ring (bicyclic) bond motifs is 5. The number of piperazine rings is 1. The van der Waals surface area contributed by atoms with Crippen molar-refractivity contribution in [3.05, 3.63) is 66.1 Å². The third kappa shape index (κ3) is 2.67. The molecule has 0 aliphatic carbocycles. The molecule has 6 rings (SSSR count). The van der Waals surface area contributed by atoms with E-state index in [4.69, 9.17) is 0 Å². The lowest BCUT2D eigenvalue weighted by molar-refractivity contribution is -0.137. The largest absolute Gasteiger partial charge is 0.417 e. The van der Waals surface area contributed by atoms with E-state index in [0.29, 0.717) is 17.1 Å². The van der Waals surface area contributed by atoms with Crippen LogP contribution in [-0.4, -0.2) is 55.0 Å². The minimum absolute atomic E-state index is 0.0187. The SMILES string of the molecule is O=C(c1ccccc1-n1nccn1)N1C2CCC1C1C2N1c1ccc(C(F)(F)F)cn1. The summed E-state index contributed by atoms with van der Waals surface area (Å²) < 4.78 is 38.5. The Morgan fingerprint density at radius 2 is 1.65 bits per heavy atom. The Morgan fingerprint density at radius 3 is 2.26 bits per heavy atom. The predicted octanol–water partition coefficient (Wildman–Crippen LogP) is 2.93. The van der Waals surface area contributed by atoms with Gasteiger partial charge in [0.15, 0.2) is 0 Å². The molecule has 1 amide bonds. The van der Waals surface area contributed by atoms with E-state index in [2.05, 4.69) is 15.2 Å². The number of alkyl halides is 3. The Balaban J connectivity index is 1.26. The van der Waals surface area contributed by atoms with Crippen LogP contribution in [0.5, 0.6) is 0 Å². The number of nitrogens with zero attached hydrogens (tertiary/aromatic N) is 6. The zero-order valence-electron chi connectivity index (χ0n) is 16.1. The van der Waals surface area contributed by atoms with E-state index >= 15 is 0 Å². The van der Waals surface area contributed by atoms with Crippen molar-refractivity contribution in [3.63, 3.8) is 0 Å². The molecule has 2 aromatic heterocycles. The zero-order chi connectivity index (χ0) is 21.3. The molecule has 4 unspecified atom stereocenters. The molecule has 4 atom stereocenters. The average Bonchev–Trinajstić information content (AvgIpc) is 3.12. The first-order valence-corrected chi connectivity index (χ1v) is 10.0. The number of hydrogen-bond donors (Lipinski definition) is 0. The third-order valence-electron chi connectivity index (χ3n) is 6.51. The van der Waals surface area contributed by atoms with E-state index < -0.39 is 11.7 Å². The molecule has 0 spiro atoms. The third-order valence-corrected chi connectivity index (χ3v) is 6.51. The number of rotatable bonds is 3. The summed E-state index contributed by atoms with van der Waals surface area (Å²) in [5.74, 6) is 0.473. The summed E-state index contributed by atoms with van der Waals surface area (Å²) in [5, 5.41) is 8.30. The van der Waals surface area contributed by atoms with Gasteiger partial charge in [-0.1, -0.05) is 12.1 Å². The number of hydrogen-bond acceptors (Lipinski definition) is 5. The number of benzene rings is 1. The number of pyridine rings is 1. The Labute approximate surface area is 175 Å². The van der Waals surface area contributed by atoms with Gasteiger partial charge in [-0.3, -0.25) is 4.79 Å². The molecule has 3 fully saturated rings. The molecule has 2 bridgehead atoms. The molecule has 10 heteroatoms. The lowest BCUT2D eigenvalue weighted by Gasteiger charge is -2.28. The second kappa shape index (κ2) is 6.29. The number of carbonyl (C=O) groups excluding carboxylic acids is 1. The highest BCUT2D eigenvalue weighted by atomic mass is 19.4. The summed E-state index contributed by atoms with van der Waals surface area (Å²) in [5.41, 5.74) is 0.404. The number of amides is 1. The quantitative estimate of drug-likeness (QED) is 0.603. The molecule has 0 radical (unpaired) electrons. The molecule has 3 aromatic rings.